The van der Waals surface area contributed by atoms with Gasteiger partial charge in [-0.3, -0.25) is 0 Å². The first-order valence-corrected chi connectivity index (χ1v) is 11.7. The van der Waals surface area contributed by atoms with Gasteiger partial charge in [-0.05, 0) is 42.8 Å². The molecule has 0 radical (unpaired) electrons. The highest BCUT2D eigenvalue weighted by molar-refractivity contribution is 7.89. The summed E-state index contributed by atoms with van der Waals surface area (Å²) in [6, 6.07) is 14.1. The van der Waals surface area contributed by atoms with Crippen LogP contribution in [0.2, 0.25) is 0 Å². The standard InChI is InChI=1S/C24H26N2O5S/c1-4-26(5-2)32(28,29)22-13-8-19(9-14-22)10-15-23(27)30-16-21-17-31-24(25-21)20-11-6-18(3)7-12-20/h6-15,17H,4-5,16H2,1-3H3/b15-10+. The molecule has 0 N–H and O–H groups in total. The largest absolute Gasteiger partial charge is 0.456 e. The number of hydrogen-bond donors (Lipinski definition) is 0. The van der Waals surface area contributed by atoms with Gasteiger partial charge in [-0.25, -0.2) is 18.2 Å². The maximum Gasteiger partial charge on any atom is 0.331 e. The lowest BCUT2D eigenvalue weighted by atomic mass is 10.1. The highest BCUT2D eigenvalue weighted by atomic mass is 32.2. The molecule has 7 nitrogen and oxygen atoms in total. The zero-order valence-electron chi connectivity index (χ0n) is 18.3. The van der Waals surface area contributed by atoms with Crippen molar-refractivity contribution < 1.29 is 22.4 Å². The van der Waals surface area contributed by atoms with E-state index in [1.807, 2.05) is 31.2 Å². The van der Waals surface area contributed by atoms with E-state index in [-0.39, 0.29) is 11.5 Å². The first kappa shape index (κ1) is 23.4. The molecule has 0 aliphatic heterocycles. The van der Waals surface area contributed by atoms with E-state index >= 15 is 0 Å². The van der Waals surface area contributed by atoms with E-state index in [0.29, 0.717) is 30.2 Å². The third kappa shape index (κ3) is 5.72. The van der Waals surface area contributed by atoms with E-state index < -0.39 is 16.0 Å². The Morgan fingerprint density at radius 2 is 1.72 bits per heavy atom. The van der Waals surface area contributed by atoms with Crippen LogP contribution < -0.4 is 0 Å². The quantitative estimate of drug-likeness (QED) is 0.351. The van der Waals surface area contributed by atoms with Crippen LogP contribution in [0.5, 0.6) is 0 Å². The Kier molecular flexibility index (Phi) is 7.61. The van der Waals surface area contributed by atoms with Crippen molar-refractivity contribution in [2.45, 2.75) is 32.3 Å². The number of ether oxygens (including phenoxy) is 1. The normalized spacial score (nSPS) is 11.9. The number of benzene rings is 2. The fourth-order valence-corrected chi connectivity index (χ4v) is 4.48. The van der Waals surface area contributed by atoms with Gasteiger partial charge in [-0.15, -0.1) is 0 Å². The topological polar surface area (TPSA) is 89.7 Å². The number of esters is 1. The van der Waals surface area contributed by atoms with Crippen LogP contribution in [0, 0.1) is 6.92 Å². The fourth-order valence-electron chi connectivity index (χ4n) is 3.02. The maximum atomic E-state index is 12.5. The Morgan fingerprint density at radius 1 is 1.06 bits per heavy atom. The summed E-state index contributed by atoms with van der Waals surface area (Å²) in [5, 5.41) is 0. The minimum atomic E-state index is -3.51. The van der Waals surface area contributed by atoms with E-state index in [4.69, 9.17) is 9.15 Å². The summed E-state index contributed by atoms with van der Waals surface area (Å²) in [7, 11) is -3.51. The van der Waals surface area contributed by atoms with Gasteiger partial charge in [0.1, 0.15) is 18.6 Å². The van der Waals surface area contributed by atoms with Crippen molar-refractivity contribution in [1.82, 2.24) is 9.29 Å². The van der Waals surface area contributed by atoms with Crippen molar-refractivity contribution in [3.63, 3.8) is 0 Å². The Balaban J connectivity index is 1.56. The lowest BCUT2D eigenvalue weighted by Crippen LogP contribution is -2.30. The van der Waals surface area contributed by atoms with E-state index in [9.17, 15) is 13.2 Å². The molecular formula is C24H26N2O5S. The number of sulfonamides is 1. The first-order chi connectivity index (χ1) is 15.3. The van der Waals surface area contributed by atoms with Gasteiger partial charge in [0, 0.05) is 24.7 Å². The van der Waals surface area contributed by atoms with Crippen molar-refractivity contribution in [3.05, 3.63) is 77.7 Å². The Bertz CT molecular complexity index is 1180. The summed E-state index contributed by atoms with van der Waals surface area (Å²) in [6.07, 6.45) is 4.31. The molecule has 168 valence electrons. The van der Waals surface area contributed by atoms with Crippen molar-refractivity contribution >= 4 is 22.1 Å². The van der Waals surface area contributed by atoms with Crippen LogP contribution in [0.4, 0.5) is 0 Å². The number of aromatic nitrogens is 1. The van der Waals surface area contributed by atoms with E-state index in [1.165, 1.54) is 28.8 Å². The molecule has 3 rings (SSSR count). The number of aryl methyl sites for hydroxylation is 1. The molecule has 8 heteroatoms. The van der Waals surface area contributed by atoms with Crippen LogP contribution in [0.15, 0.2) is 70.2 Å². The summed E-state index contributed by atoms with van der Waals surface area (Å²) < 4.78 is 37.1. The third-order valence-electron chi connectivity index (χ3n) is 4.85. The Morgan fingerprint density at radius 3 is 2.34 bits per heavy atom. The number of carbonyl (C=O) groups is 1. The molecule has 0 aliphatic rings. The average molecular weight is 455 g/mol. The SMILES string of the molecule is CCN(CC)S(=O)(=O)c1ccc(/C=C/C(=O)OCc2coc(-c3ccc(C)cc3)n2)cc1. The van der Waals surface area contributed by atoms with Crippen LogP contribution in [0.1, 0.15) is 30.7 Å². The van der Waals surface area contributed by atoms with E-state index in [0.717, 1.165) is 11.1 Å². The smallest absolute Gasteiger partial charge is 0.331 e. The predicted octanol–water partition coefficient (Wildman–Crippen LogP) is 4.44. The van der Waals surface area contributed by atoms with Crippen molar-refractivity contribution in [3.8, 4) is 11.5 Å². The third-order valence-corrected chi connectivity index (χ3v) is 6.91. The van der Waals surface area contributed by atoms with Gasteiger partial charge in [-0.2, -0.15) is 4.31 Å². The van der Waals surface area contributed by atoms with Gasteiger partial charge in [0.05, 0.1) is 4.90 Å². The highest BCUT2D eigenvalue weighted by Crippen LogP contribution is 2.20. The summed E-state index contributed by atoms with van der Waals surface area (Å²) in [6.45, 7) is 6.40. The van der Waals surface area contributed by atoms with E-state index in [1.54, 1.807) is 32.1 Å². The second-order valence-electron chi connectivity index (χ2n) is 7.11. The van der Waals surface area contributed by atoms with Crippen molar-refractivity contribution in [2.75, 3.05) is 13.1 Å². The number of rotatable bonds is 9. The lowest BCUT2D eigenvalue weighted by Gasteiger charge is -2.18. The molecule has 0 aliphatic carbocycles. The van der Waals surface area contributed by atoms with Gasteiger partial charge < -0.3 is 9.15 Å². The molecule has 2 aromatic carbocycles. The second kappa shape index (κ2) is 10.4. The molecule has 0 amide bonds. The summed E-state index contributed by atoms with van der Waals surface area (Å²) in [4.78, 5) is 16.6. The first-order valence-electron chi connectivity index (χ1n) is 10.3. The number of oxazole rings is 1. The molecule has 1 aromatic heterocycles. The molecule has 0 fully saturated rings. The molecule has 0 unspecified atom stereocenters. The molecule has 0 atom stereocenters. The summed E-state index contributed by atoms with van der Waals surface area (Å²) >= 11 is 0. The van der Waals surface area contributed by atoms with Crippen LogP contribution in [0.3, 0.4) is 0 Å². The van der Waals surface area contributed by atoms with Gasteiger partial charge in [-0.1, -0.05) is 43.7 Å². The molecule has 0 spiro atoms. The fraction of sp³-hybridized carbons (Fsp3) is 0.250. The number of nitrogens with zero attached hydrogens (tertiary/aromatic N) is 2. The van der Waals surface area contributed by atoms with Crippen LogP contribution >= 0.6 is 0 Å². The molecule has 1 heterocycles. The van der Waals surface area contributed by atoms with Gasteiger partial charge in [0.15, 0.2) is 0 Å². The van der Waals surface area contributed by atoms with Crippen molar-refractivity contribution in [1.29, 1.82) is 0 Å². The van der Waals surface area contributed by atoms with Crippen molar-refractivity contribution in [2.24, 2.45) is 0 Å². The van der Waals surface area contributed by atoms with Gasteiger partial charge >= 0.3 is 5.97 Å². The predicted molar refractivity (Wildman–Crippen MR) is 122 cm³/mol. The zero-order chi connectivity index (χ0) is 23.1. The Hall–Kier alpha value is -3.23. The van der Waals surface area contributed by atoms with Crippen LogP contribution in [0.25, 0.3) is 17.5 Å². The second-order valence-corrected chi connectivity index (χ2v) is 9.05. The molecular weight excluding hydrogens is 428 g/mol. The minimum absolute atomic E-state index is 0.0143. The average Bonchev–Trinajstić information content (AvgIpc) is 3.27. The van der Waals surface area contributed by atoms with Gasteiger partial charge in [0.2, 0.25) is 15.9 Å². The zero-order valence-corrected chi connectivity index (χ0v) is 19.1. The maximum absolute atomic E-state index is 12.5. The number of carbonyl (C=O) groups excluding carboxylic acids is 1. The van der Waals surface area contributed by atoms with Crippen LogP contribution in [-0.2, 0) is 26.2 Å². The summed E-state index contributed by atoms with van der Waals surface area (Å²) in [5.74, 6) is -0.0731. The minimum Gasteiger partial charge on any atom is -0.456 e. The van der Waals surface area contributed by atoms with E-state index in [2.05, 4.69) is 4.98 Å². The monoisotopic (exact) mass is 454 g/mol. The van der Waals surface area contributed by atoms with Crippen LogP contribution in [-0.4, -0.2) is 36.8 Å². The number of hydrogen-bond acceptors (Lipinski definition) is 6. The van der Waals surface area contributed by atoms with Gasteiger partial charge in [0.25, 0.3) is 0 Å². The molecule has 0 bridgehead atoms. The highest BCUT2D eigenvalue weighted by Gasteiger charge is 2.20. The lowest BCUT2D eigenvalue weighted by molar-refractivity contribution is -0.139. The molecule has 0 saturated carbocycles. The Labute approximate surface area is 188 Å². The molecule has 0 saturated heterocycles. The molecule has 32 heavy (non-hydrogen) atoms. The summed E-state index contributed by atoms with van der Waals surface area (Å²) in [5.41, 5.74) is 3.18. The molecule has 3 aromatic rings.